The molecule has 3 aromatic heterocycles. The highest BCUT2D eigenvalue weighted by Gasteiger charge is 2.22. The standard InChI is InChI=1S/C20H17FN4OS/c21-13-3-4-14-12(9-22-16(14)8-13)10-25-6-5-15-17(11-25)23-19(24-20(15)26)18-2-1-7-27-18/h1-4,7-9,22H,5-6,10-11H2,(H,23,24,26). The topological polar surface area (TPSA) is 64.8 Å². The molecule has 0 spiro atoms. The number of H-pyrrole nitrogens is 2. The van der Waals surface area contributed by atoms with Crippen LogP contribution < -0.4 is 5.56 Å². The highest BCUT2D eigenvalue weighted by molar-refractivity contribution is 7.13. The van der Waals surface area contributed by atoms with Gasteiger partial charge >= 0.3 is 0 Å². The van der Waals surface area contributed by atoms with Gasteiger partial charge in [0, 0.05) is 42.3 Å². The monoisotopic (exact) mass is 380 g/mol. The number of nitrogens with one attached hydrogen (secondary N) is 2. The van der Waals surface area contributed by atoms with Gasteiger partial charge in [0.2, 0.25) is 0 Å². The molecule has 27 heavy (non-hydrogen) atoms. The van der Waals surface area contributed by atoms with E-state index in [9.17, 15) is 9.18 Å². The summed E-state index contributed by atoms with van der Waals surface area (Å²) in [6.45, 7) is 2.16. The Morgan fingerprint density at radius 3 is 3.07 bits per heavy atom. The van der Waals surface area contributed by atoms with Crippen LogP contribution in [0.5, 0.6) is 0 Å². The molecule has 5 nitrogen and oxygen atoms in total. The molecule has 0 saturated carbocycles. The molecule has 4 heterocycles. The van der Waals surface area contributed by atoms with Crippen LogP contribution in [0.25, 0.3) is 21.6 Å². The summed E-state index contributed by atoms with van der Waals surface area (Å²) in [5.41, 5.74) is 3.52. The van der Waals surface area contributed by atoms with Crippen LogP contribution in [-0.2, 0) is 19.5 Å². The Morgan fingerprint density at radius 1 is 1.30 bits per heavy atom. The quantitative estimate of drug-likeness (QED) is 0.570. The lowest BCUT2D eigenvalue weighted by Crippen LogP contribution is -2.35. The lowest BCUT2D eigenvalue weighted by molar-refractivity contribution is 0.241. The van der Waals surface area contributed by atoms with Gasteiger partial charge in [-0.2, -0.15) is 0 Å². The average Bonchev–Trinajstić information content (AvgIpc) is 3.32. The Hall–Kier alpha value is -2.77. The van der Waals surface area contributed by atoms with Gasteiger partial charge in [-0.3, -0.25) is 9.69 Å². The van der Waals surface area contributed by atoms with E-state index in [2.05, 4.69) is 14.9 Å². The summed E-state index contributed by atoms with van der Waals surface area (Å²) in [5, 5.41) is 3.00. The second kappa shape index (κ2) is 6.44. The van der Waals surface area contributed by atoms with Gasteiger partial charge < -0.3 is 9.97 Å². The fraction of sp³-hybridized carbons (Fsp3) is 0.200. The predicted octanol–water partition coefficient (Wildman–Crippen LogP) is 3.68. The third-order valence-corrected chi connectivity index (χ3v) is 5.91. The van der Waals surface area contributed by atoms with Crippen LogP contribution in [0.2, 0.25) is 0 Å². The first-order valence-corrected chi connectivity index (χ1v) is 9.69. The number of hydrogen-bond donors (Lipinski definition) is 2. The summed E-state index contributed by atoms with van der Waals surface area (Å²) in [6.07, 6.45) is 2.61. The summed E-state index contributed by atoms with van der Waals surface area (Å²) in [6, 6.07) is 8.72. The van der Waals surface area contributed by atoms with E-state index in [0.717, 1.165) is 45.7 Å². The van der Waals surface area contributed by atoms with Gasteiger partial charge in [0.1, 0.15) is 5.82 Å². The fourth-order valence-electron chi connectivity index (χ4n) is 3.69. The average molecular weight is 380 g/mol. The first-order valence-electron chi connectivity index (χ1n) is 8.81. The van der Waals surface area contributed by atoms with Crippen molar-refractivity contribution in [3.8, 4) is 10.7 Å². The first kappa shape index (κ1) is 16.4. The number of rotatable bonds is 3. The van der Waals surface area contributed by atoms with E-state index in [-0.39, 0.29) is 11.4 Å². The van der Waals surface area contributed by atoms with Gasteiger partial charge in [-0.25, -0.2) is 9.37 Å². The number of aromatic nitrogens is 3. The van der Waals surface area contributed by atoms with Crippen LogP contribution >= 0.6 is 11.3 Å². The molecule has 0 amide bonds. The van der Waals surface area contributed by atoms with E-state index in [1.807, 2.05) is 29.8 Å². The molecule has 0 bridgehead atoms. The Balaban J connectivity index is 1.44. The third kappa shape index (κ3) is 2.98. The van der Waals surface area contributed by atoms with Gasteiger partial charge in [0.05, 0.1) is 10.6 Å². The molecule has 0 atom stereocenters. The maximum atomic E-state index is 13.4. The van der Waals surface area contributed by atoms with Crippen molar-refractivity contribution in [2.75, 3.05) is 6.54 Å². The van der Waals surface area contributed by atoms with E-state index < -0.39 is 0 Å². The largest absolute Gasteiger partial charge is 0.361 e. The number of benzene rings is 1. The van der Waals surface area contributed by atoms with Crippen molar-refractivity contribution in [2.24, 2.45) is 0 Å². The Morgan fingerprint density at radius 2 is 2.22 bits per heavy atom. The number of halogens is 1. The van der Waals surface area contributed by atoms with Crippen LogP contribution in [0, 0.1) is 5.82 Å². The second-order valence-corrected chi connectivity index (χ2v) is 7.73. The van der Waals surface area contributed by atoms with E-state index in [1.165, 1.54) is 12.1 Å². The maximum absolute atomic E-state index is 13.4. The fourth-order valence-corrected chi connectivity index (χ4v) is 4.36. The number of thiophene rings is 1. The smallest absolute Gasteiger partial charge is 0.254 e. The van der Waals surface area contributed by atoms with Crippen molar-refractivity contribution >= 4 is 22.2 Å². The normalized spacial score (nSPS) is 14.6. The summed E-state index contributed by atoms with van der Waals surface area (Å²) in [7, 11) is 0. The van der Waals surface area contributed by atoms with E-state index >= 15 is 0 Å². The van der Waals surface area contributed by atoms with Crippen molar-refractivity contribution in [1.29, 1.82) is 0 Å². The highest BCUT2D eigenvalue weighted by Crippen LogP contribution is 2.25. The summed E-state index contributed by atoms with van der Waals surface area (Å²) < 4.78 is 13.4. The van der Waals surface area contributed by atoms with E-state index in [0.29, 0.717) is 18.8 Å². The molecule has 4 aromatic rings. The Bertz CT molecular complexity index is 1180. The number of hydrogen-bond acceptors (Lipinski definition) is 4. The van der Waals surface area contributed by atoms with Crippen molar-refractivity contribution < 1.29 is 4.39 Å². The minimum absolute atomic E-state index is 0.0365. The minimum atomic E-state index is -0.243. The zero-order valence-corrected chi connectivity index (χ0v) is 15.3. The summed E-state index contributed by atoms with van der Waals surface area (Å²) in [4.78, 5) is 26.5. The van der Waals surface area contributed by atoms with Gasteiger partial charge in [-0.1, -0.05) is 6.07 Å². The first-order chi connectivity index (χ1) is 13.2. The molecule has 0 saturated heterocycles. The van der Waals surface area contributed by atoms with Crippen molar-refractivity contribution in [2.45, 2.75) is 19.5 Å². The van der Waals surface area contributed by atoms with Gasteiger partial charge in [0.15, 0.2) is 5.82 Å². The molecule has 5 rings (SSSR count). The zero-order valence-electron chi connectivity index (χ0n) is 14.5. The molecule has 1 aliphatic rings. The molecular formula is C20H17FN4OS. The molecule has 0 radical (unpaired) electrons. The number of fused-ring (bicyclic) bond motifs is 2. The van der Waals surface area contributed by atoms with Crippen LogP contribution in [0.4, 0.5) is 4.39 Å². The Labute approximate surface area is 158 Å². The van der Waals surface area contributed by atoms with Gasteiger partial charge in [0.25, 0.3) is 5.56 Å². The third-order valence-electron chi connectivity index (χ3n) is 5.03. The van der Waals surface area contributed by atoms with E-state index in [1.54, 1.807) is 11.3 Å². The van der Waals surface area contributed by atoms with Crippen LogP contribution in [-0.4, -0.2) is 26.4 Å². The predicted molar refractivity (Wildman–Crippen MR) is 104 cm³/mol. The summed E-state index contributed by atoms with van der Waals surface area (Å²) in [5.74, 6) is 0.394. The zero-order chi connectivity index (χ0) is 18.4. The SMILES string of the molecule is O=c1[nH]c(-c2cccs2)nc2c1CCN(Cc1c[nH]c3cc(F)ccc13)C2. The minimum Gasteiger partial charge on any atom is -0.361 e. The molecule has 0 aliphatic carbocycles. The number of aromatic amines is 2. The van der Waals surface area contributed by atoms with Gasteiger partial charge in [-0.05, 0) is 41.6 Å². The lowest BCUT2D eigenvalue weighted by Gasteiger charge is -2.27. The molecule has 136 valence electrons. The van der Waals surface area contributed by atoms with Crippen molar-refractivity contribution in [3.05, 3.63) is 74.9 Å². The molecule has 1 aromatic carbocycles. The maximum Gasteiger partial charge on any atom is 0.254 e. The summed E-state index contributed by atoms with van der Waals surface area (Å²) >= 11 is 1.56. The second-order valence-electron chi connectivity index (χ2n) is 6.78. The lowest BCUT2D eigenvalue weighted by atomic mass is 10.1. The van der Waals surface area contributed by atoms with E-state index in [4.69, 9.17) is 4.98 Å². The van der Waals surface area contributed by atoms with Crippen LogP contribution in [0.1, 0.15) is 16.8 Å². The molecule has 1 aliphatic heterocycles. The molecule has 0 unspecified atom stereocenters. The molecular weight excluding hydrogens is 363 g/mol. The van der Waals surface area contributed by atoms with Crippen molar-refractivity contribution in [3.63, 3.8) is 0 Å². The van der Waals surface area contributed by atoms with Crippen LogP contribution in [0.3, 0.4) is 0 Å². The molecule has 0 fully saturated rings. The molecule has 2 N–H and O–H groups in total. The number of nitrogens with zero attached hydrogens (tertiary/aromatic N) is 2. The Kier molecular flexibility index (Phi) is 3.91. The molecule has 7 heteroatoms. The van der Waals surface area contributed by atoms with Crippen LogP contribution in [0.15, 0.2) is 46.7 Å². The highest BCUT2D eigenvalue weighted by atomic mass is 32.1. The van der Waals surface area contributed by atoms with Crippen molar-refractivity contribution in [1.82, 2.24) is 19.9 Å². The van der Waals surface area contributed by atoms with Gasteiger partial charge in [-0.15, -0.1) is 11.3 Å².